The summed E-state index contributed by atoms with van der Waals surface area (Å²) in [5, 5.41) is 6.67. The van der Waals surface area contributed by atoms with Gasteiger partial charge in [-0.25, -0.2) is 4.98 Å². The quantitative estimate of drug-likeness (QED) is 0.755. The van der Waals surface area contributed by atoms with Crippen LogP contribution in [-0.2, 0) is 0 Å². The van der Waals surface area contributed by atoms with Crippen LogP contribution in [0.4, 0.5) is 5.69 Å². The van der Waals surface area contributed by atoms with Crippen molar-refractivity contribution in [2.45, 2.75) is 19.9 Å². The molecule has 0 radical (unpaired) electrons. The summed E-state index contributed by atoms with van der Waals surface area (Å²) < 4.78 is 0. The first-order valence-electron chi connectivity index (χ1n) is 6.40. The average Bonchev–Trinajstić information content (AvgIpc) is 3.10. The minimum atomic E-state index is 0.273. The molecule has 1 N–H and O–H groups in total. The van der Waals surface area contributed by atoms with E-state index in [1.807, 2.05) is 18.6 Å². The van der Waals surface area contributed by atoms with E-state index in [9.17, 15) is 0 Å². The van der Waals surface area contributed by atoms with E-state index in [2.05, 4.69) is 51.9 Å². The molecule has 2 heterocycles. The summed E-state index contributed by atoms with van der Waals surface area (Å²) in [6.45, 7) is 4.17. The van der Waals surface area contributed by atoms with Crippen LogP contribution < -0.4 is 5.32 Å². The highest BCUT2D eigenvalue weighted by atomic mass is 32.1. The van der Waals surface area contributed by atoms with E-state index in [-0.39, 0.29) is 6.04 Å². The van der Waals surface area contributed by atoms with Gasteiger partial charge in [0, 0.05) is 27.7 Å². The van der Waals surface area contributed by atoms with Crippen LogP contribution in [0.5, 0.6) is 0 Å². The molecule has 0 spiro atoms. The first kappa shape index (κ1) is 13.3. The smallest absolute Gasteiger partial charge is 0.0901 e. The molecule has 0 saturated heterocycles. The predicted molar refractivity (Wildman–Crippen MR) is 86.4 cm³/mol. The van der Waals surface area contributed by atoms with Crippen molar-refractivity contribution in [2.75, 3.05) is 5.32 Å². The fourth-order valence-corrected chi connectivity index (χ4v) is 3.24. The normalized spacial score (nSPS) is 12.3. The van der Waals surface area contributed by atoms with Gasteiger partial charge in [-0.05, 0) is 26.0 Å². The molecular formula is C15H15N3S2. The first-order chi connectivity index (χ1) is 9.72. The van der Waals surface area contributed by atoms with Crippen LogP contribution in [-0.4, -0.2) is 9.97 Å². The Kier molecular flexibility index (Phi) is 3.80. The molecule has 0 aliphatic carbocycles. The molecule has 0 bridgehead atoms. The fourth-order valence-electron chi connectivity index (χ4n) is 1.99. The summed E-state index contributed by atoms with van der Waals surface area (Å²) in [5.41, 5.74) is 5.18. The van der Waals surface area contributed by atoms with Crippen molar-refractivity contribution in [3.8, 4) is 11.3 Å². The van der Waals surface area contributed by atoms with Gasteiger partial charge in [0.25, 0.3) is 0 Å². The number of hydrogen-bond acceptors (Lipinski definition) is 5. The number of hydrogen-bond donors (Lipinski definition) is 1. The van der Waals surface area contributed by atoms with Gasteiger partial charge in [0.1, 0.15) is 0 Å². The molecule has 1 aromatic carbocycles. The summed E-state index contributed by atoms with van der Waals surface area (Å²) in [6, 6.07) is 8.69. The number of benzene rings is 1. The van der Waals surface area contributed by atoms with Crippen molar-refractivity contribution in [3.63, 3.8) is 0 Å². The lowest BCUT2D eigenvalue weighted by molar-refractivity contribution is 0.904. The Morgan fingerprint density at radius 1 is 1.15 bits per heavy atom. The molecule has 2 aromatic heterocycles. The second-order valence-corrected chi connectivity index (χ2v) is 6.58. The maximum Gasteiger partial charge on any atom is 0.0901 e. The number of rotatable bonds is 4. The highest BCUT2D eigenvalue weighted by molar-refractivity contribution is 7.10. The molecule has 102 valence electrons. The van der Waals surface area contributed by atoms with Crippen molar-refractivity contribution in [1.82, 2.24) is 9.97 Å². The SMILES string of the molecule is Cc1nc(-c2ccc(NC(C)c3cncs3)cc2)cs1. The molecule has 0 saturated carbocycles. The van der Waals surface area contributed by atoms with Crippen LogP contribution in [0.15, 0.2) is 41.4 Å². The Balaban J connectivity index is 1.73. The van der Waals surface area contributed by atoms with Gasteiger partial charge in [0.2, 0.25) is 0 Å². The van der Waals surface area contributed by atoms with Gasteiger partial charge in [-0.1, -0.05) is 12.1 Å². The van der Waals surface area contributed by atoms with E-state index in [1.54, 1.807) is 22.7 Å². The van der Waals surface area contributed by atoms with Gasteiger partial charge < -0.3 is 5.32 Å². The average molecular weight is 301 g/mol. The number of anilines is 1. The molecule has 1 unspecified atom stereocenters. The molecule has 3 aromatic rings. The lowest BCUT2D eigenvalue weighted by atomic mass is 10.1. The van der Waals surface area contributed by atoms with Crippen molar-refractivity contribution in [3.05, 3.63) is 51.2 Å². The molecule has 20 heavy (non-hydrogen) atoms. The number of aryl methyl sites for hydroxylation is 1. The Labute approximate surface area is 126 Å². The van der Waals surface area contributed by atoms with Gasteiger partial charge >= 0.3 is 0 Å². The lowest BCUT2D eigenvalue weighted by Gasteiger charge is -2.13. The number of nitrogens with one attached hydrogen (secondary N) is 1. The number of thiazole rings is 2. The van der Waals surface area contributed by atoms with E-state index in [0.29, 0.717) is 0 Å². The van der Waals surface area contributed by atoms with Crippen molar-refractivity contribution < 1.29 is 0 Å². The zero-order valence-corrected chi connectivity index (χ0v) is 13.0. The van der Waals surface area contributed by atoms with Gasteiger partial charge in [0.05, 0.1) is 22.3 Å². The molecular weight excluding hydrogens is 286 g/mol. The Hall–Kier alpha value is -1.72. The topological polar surface area (TPSA) is 37.8 Å². The zero-order chi connectivity index (χ0) is 13.9. The third-order valence-electron chi connectivity index (χ3n) is 3.06. The molecule has 0 fully saturated rings. The van der Waals surface area contributed by atoms with E-state index in [0.717, 1.165) is 22.0 Å². The van der Waals surface area contributed by atoms with E-state index < -0.39 is 0 Å². The van der Waals surface area contributed by atoms with E-state index in [4.69, 9.17) is 0 Å². The highest BCUT2D eigenvalue weighted by Gasteiger charge is 2.07. The van der Waals surface area contributed by atoms with Crippen molar-refractivity contribution in [1.29, 1.82) is 0 Å². The molecule has 0 amide bonds. The molecule has 5 heteroatoms. The van der Waals surface area contributed by atoms with Gasteiger partial charge in [-0.2, -0.15) is 0 Å². The van der Waals surface area contributed by atoms with Crippen LogP contribution in [0, 0.1) is 6.92 Å². The van der Waals surface area contributed by atoms with Crippen LogP contribution in [0.1, 0.15) is 22.9 Å². The van der Waals surface area contributed by atoms with Crippen LogP contribution in [0.2, 0.25) is 0 Å². The van der Waals surface area contributed by atoms with Crippen molar-refractivity contribution in [2.24, 2.45) is 0 Å². The maximum absolute atomic E-state index is 4.50. The molecule has 0 aliphatic rings. The van der Waals surface area contributed by atoms with Crippen LogP contribution in [0.3, 0.4) is 0 Å². The zero-order valence-electron chi connectivity index (χ0n) is 11.3. The summed E-state index contributed by atoms with van der Waals surface area (Å²) in [4.78, 5) is 9.86. The number of aromatic nitrogens is 2. The second kappa shape index (κ2) is 5.73. The fraction of sp³-hybridized carbons (Fsp3) is 0.200. The van der Waals surface area contributed by atoms with Crippen LogP contribution >= 0.6 is 22.7 Å². The summed E-state index contributed by atoms with van der Waals surface area (Å²) in [6.07, 6.45) is 1.91. The second-order valence-electron chi connectivity index (χ2n) is 4.60. The standard InChI is InChI=1S/C15H15N3S2/c1-10(15-7-16-9-20-15)17-13-5-3-12(4-6-13)14-8-19-11(2)18-14/h3-10,17H,1-2H3. The highest BCUT2D eigenvalue weighted by Crippen LogP contribution is 2.25. The van der Waals surface area contributed by atoms with Gasteiger partial charge in [0.15, 0.2) is 0 Å². The van der Waals surface area contributed by atoms with E-state index >= 15 is 0 Å². The lowest BCUT2D eigenvalue weighted by Crippen LogP contribution is -2.04. The van der Waals surface area contributed by atoms with Gasteiger partial charge in [-0.15, -0.1) is 22.7 Å². The maximum atomic E-state index is 4.50. The minimum Gasteiger partial charge on any atom is -0.378 e. The van der Waals surface area contributed by atoms with Gasteiger partial charge in [-0.3, -0.25) is 4.98 Å². The van der Waals surface area contributed by atoms with Crippen molar-refractivity contribution >= 4 is 28.4 Å². The summed E-state index contributed by atoms with van der Waals surface area (Å²) in [5.74, 6) is 0. The Bertz CT molecular complexity index is 671. The Morgan fingerprint density at radius 3 is 2.55 bits per heavy atom. The molecule has 3 rings (SSSR count). The third kappa shape index (κ3) is 2.89. The Morgan fingerprint density at radius 2 is 1.95 bits per heavy atom. The minimum absolute atomic E-state index is 0.273. The first-order valence-corrected chi connectivity index (χ1v) is 8.16. The summed E-state index contributed by atoms with van der Waals surface area (Å²) in [7, 11) is 0. The molecule has 1 atom stereocenters. The predicted octanol–water partition coefficient (Wildman–Crippen LogP) is 4.75. The third-order valence-corrected chi connectivity index (χ3v) is 4.79. The monoisotopic (exact) mass is 301 g/mol. The van der Waals surface area contributed by atoms with E-state index in [1.165, 1.54) is 4.88 Å². The molecule has 0 aliphatic heterocycles. The van der Waals surface area contributed by atoms with Crippen LogP contribution in [0.25, 0.3) is 11.3 Å². The molecule has 3 nitrogen and oxygen atoms in total. The largest absolute Gasteiger partial charge is 0.378 e. The number of nitrogens with zero attached hydrogens (tertiary/aromatic N) is 2. The summed E-state index contributed by atoms with van der Waals surface area (Å²) >= 11 is 3.35.